The summed E-state index contributed by atoms with van der Waals surface area (Å²) < 4.78 is 15.4. The van der Waals surface area contributed by atoms with Crippen molar-refractivity contribution >= 4 is 23.4 Å². The SMILES string of the molecule is CCc1cccc(NC(=O)CSc2nnc(CN3CCCCC3)n2-c2ccc(F)cc2)c1. The molecule has 0 unspecified atom stereocenters. The Kier molecular flexibility index (Phi) is 7.55. The molecule has 0 atom stereocenters. The molecule has 1 aliphatic rings. The molecule has 8 heteroatoms. The van der Waals surface area contributed by atoms with Gasteiger partial charge in [0.1, 0.15) is 5.82 Å². The third kappa shape index (κ3) is 5.75. The largest absolute Gasteiger partial charge is 0.325 e. The highest BCUT2D eigenvalue weighted by molar-refractivity contribution is 7.99. The molecule has 1 saturated heterocycles. The van der Waals surface area contributed by atoms with E-state index in [0.29, 0.717) is 11.7 Å². The molecule has 2 heterocycles. The van der Waals surface area contributed by atoms with Gasteiger partial charge in [-0.25, -0.2) is 4.39 Å². The van der Waals surface area contributed by atoms with E-state index in [9.17, 15) is 9.18 Å². The average Bonchev–Trinajstić information content (AvgIpc) is 3.21. The molecule has 1 aromatic heterocycles. The monoisotopic (exact) mass is 453 g/mol. The molecule has 168 valence electrons. The fourth-order valence-electron chi connectivity index (χ4n) is 3.86. The third-order valence-corrected chi connectivity index (χ3v) is 6.48. The van der Waals surface area contributed by atoms with Gasteiger partial charge in [-0.15, -0.1) is 10.2 Å². The van der Waals surface area contributed by atoms with E-state index in [-0.39, 0.29) is 17.5 Å². The number of carbonyl (C=O) groups excluding carboxylic acids is 1. The number of amides is 1. The van der Waals surface area contributed by atoms with Gasteiger partial charge in [-0.05, 0) is 74.3 Å². The lowest BCUT2D eigenvalue weighted by molar-refractivity contribution is -0.113. The summed E-state index contributed by atoms with van der Waals surface area (Å²) in [4.78, 5) is 14.9. The maximum Gasteiger partial charge on any atom is 0.234 e. The molecule has 0 radical (unpaired) electrons. The number of thioether (sulfide) groups is 1. The second kappa shape index (κ2) is 10.7. The van der Waals surface area contributed by atoms with Gasteiger partial charge in [-0.1, -0.05) is 37.2 Å². The number of anilines is 1. The van der Waals surface area contributed by atoms with E-state index in [1.165, 1.54) is 48.7 Å². The first kappa shape index (κ1) is 22.5. The number of aryl methyl sites for hydroxylation is 1. The molecular weight excluding hydrogens is 425 g/mol. The van der Waals surface area contributed by atoms with Gasteiger partial charge in [0.25, 0.3) is 0 Å². The lowest BCUT2D eigenvalue weighted by atomic mass is 10.1. The minimum Gasteiger partial charge on any atom is -0.325 e. The van der Waals surface area contributed by atoms with Crippen molar-refractivity contribution in [2.75, 3.05) is 24.2 Å². The van der Waals surface area contributed by atoms with Crippen molar-refractivity contribution in [2.24, 2.45) is 0 Å². The summed E-state index contributed by atoms with van der Waals surface area (Å²) in [5.74, 6) is 0.619. The summed E-state index contributed by atoms with van der Waals surface area (Å²) in [5.41, 5.74) is 2.76. The lowest BCUT2D eigenvalue weighted by Gasteiger charge is -2.26. The molecule has 32 heavy (non-hydrogen) atoms. The summed E-state index contributed by atoms with van der Waals surface area (Å²) in [6.07, 6.45) is 4.55. The Hall–Kier alpha value is -2.71. The second-order valence-electron chi connectivity index (χ2n) is 7.94. The summed E-state index contributed by atoms with van der Waals surface area (Å²) in [7, 11) is 0. The molecule has 1 aliphatic heterocycles. The van der Waals surface area contributed by atoms with Crippen LogP contribution in [0, 0.1) is 5.82 Å². The molecule has 0 aliphatic carbocycles. The predicted octanol–water partition coefficient (Wildman–Crippen LogP) is 4.69. The van der Waals surface area contributed by atoms with Gasteiger partial charge in [0.05, 0.1) is 12.3 Å². The van der Waals surface area contributed by atoms with Crippen LogP contribution in [-0.2, 0) is 17.8 Å². The molecule has 4 rings (SSSR count). The first-order valence-electron chi connectivity index (χ1n) is 11.1. The van der Waals surface area contributed by atoms with E-state index in [4.69, 9.17) is 0 Å². The molecule has 1 N–H and O–H groups in total. The molecule has 1 amide bonds. The van der Waals surface area contributed by atoms with Crippen LogP contribution in [-0.4, -0.2) is 44.4 Å². The van der Waals surface area contributed by atoms with Crippen molar-refractivity contribution in [1.82, 2.24) is 19.7 Å². The van der Waals surface area contributed by atoms with Crippen molar-refractivity contribution in [3.05, 3.63) is 65.7 Å². The zero-order valence-corrected chi connectivity index (χ0v) is 19.1. The number of benzene rings is 2. The molecule has 2 aromatic carbocycles. The lowest BCUT2D eigenvalue weighted by Crippen LogP contribution is -2.30. The van der Waals surface area contributed by atoms with Gasteiger partial charge in [-0.2, -0.15) is 0 Å². The molecule has 0 bridgehead atoms. The average molecular weight is 454 g/mol. The summed E-state index contributed by atoms with van der Waals surface area (Å²) in [6.45, 7) is 4.84. The highest BCUT2D eigenvalue weighted by Crippen LogP contribution is 2.24. The number of piperidine rings is 1. The Morgan fingerprint density at radius 2 is 1.88 bits per heavy atom. The number of hydrogen-bond donors (Lipinski definition) is 1. The molecule has 6 nitrogen and oxygen atoms in total. The number of hydrogen-bond acceptors (Lipinski definition) is 5. The maximum atomic E-state index is 13.5. The predicted molar refractivity (Wildman–Crippen MR) is 126 cm³/mol. The van der Waals surface area contributed by atoms with Gasteiger partial charge < -0.3 is 5.32 Å². The van der Waals surface area contributed by atoms with E-state index in [1.54, 1.807) is 12.1 Å². The van der Waals surface area contributed by atoms with E-state index >= 15 is 0 Å². The molecule has 0 spiro atoms. The summed E-state index contributed by atoms with van der Waals surface area (Å²) in [6, 6.07) is 14.2. The highest BCUT2D eigenvalue weighted by Gasteiger charge is 2.19. The van der Waals surface area contributed by atoms with Crippen molar-refractivity contribution < 1.29 is 9.18 Å². The number of likely N-dealkylation sites (tertiary alicyclic amines) is 1. The van der Waals surface area contributed by atoms with Crippen LogP contribution >= 0.6 is 11.8 Å². The number of aromatic nitrogens is 3. The molecule has 3 aromatic rings. The molecule has 1 fully saturated rings. The zero-order valence-electron chi connectivity index (χ0n) is 18.3. The number of halogens is 1. The Bertz CT molecular complexity index is 1050. The van der Waals surface area contributed by atoms with E-state index in [2.05, 4.69) is 27.3 Å². The maximum absolute atomic E-state index is 13.5. The van der Waals surface area contributed by atoms with Gasteiger partial charge in [0.2, 0.25) is 5.91 Å². The Morgan fingerprint density at radius 3 is 2.62 bits per heavy atom. The van der Waals surface area contributed by atoms with Crippen LogP contribution in [0.2, 0.25) is 0 Å². The third-order valence-electron chi connectivity index (χ3n) is 5.55. The Labute approximate surface area is 192 Å². The van der Waals surface area contributed by atoms with Gasteiger partial charge >= 0.3 is 0 Å². The first-order chi connectivity index (χ1) is 15.6. The van der Waals surface area contributed by atoms with Crippen LogP contribution in [0.25, 0.3) is 5.69 Å². The Morgan fingerprint density at radius 1 is 1.09 bits per heavy atom. The van der Waals surface area contributed by atoms with Crippen LogP contribution in [0.15, 0.2) is 53.7 Å². The van der Waals surface area contributed by atoms with Crippen LogP contribution in [0.1, 0.15) is 37.6 Å². The summed E-state index contributed by atoms with van der Waals surface area (Å²) >= 11 is 1.33. The van der Waals surface area contributed by atoms with Crippen LogP contribution in [0.3, 0.4) is 0 Å². The fraction of sp³-hybridized carbons (Fsp3) is 0.375. The van der Waals surface area contributed by atoms with Gasteiger partial charge in [0.15, 0.2) is 11.0 Å². The van der Waals surface area contributed by atoms with E-state index in [1.807, 2.05) is 28.8 Å². The van der Waals surface area contributed by atoms with Crippen LogP contribution in [0.4, 0.5) is 10.1 Å². The van der Waals surface area contributed by atoms with Crippen molar-refractivity contribution in [3.8, 4) is 5.69 Å². The number of nitrogens with one attached hydrogen (secondary N) is 1. The van der Waals surface area contributed by atoms with E-state index < -0.39 is 0 Å². The van der Waals surface area contributed by atoms with Crippen molar-refractivity contribution in [3.63, 3.8) is 0 Å². The molecule has 0 saturated carbocycles. The smallest absolute Gasteiger partial charge is 0.234 e. The Balaban J connectivity index is 1.49. The normalized spacial score (nSPS) is 14.4. The van der Waals surface area contributed by atoms with Crippen molar-refractivity contribution in [1.29, 1.82) is 0 Å². The topological polar surface area (TPSA) is 63.1 Å². The quantitative estimate of drug-likeness (QED) is 0.502. The van der Waals surface area contributed by atoms with Crippen LogP contribution in [0.5, 0.6) is 0 Å². The number of rotatable bonds is 8. The second-order valence-corrected chi connectivity index (χ2v) is 8.88. The van der Waals surface area contributed by atoms with E-state index in [0.717, 1.165) is 36.7 Å². The minimum atomic E-state index is -0.290. The zero-order chi connectivity index (χ0) is 22.3. The standard InChI is InChI=1S/C24H28FN5OS/c1-2-18-7-6-8-20(15-18)26-23(31)17-32-24-28-27-22(16-29-13-4-3-5-14-29)30(24)21-11-9-19(25)10-12-21/h6-12,15H,2-5,13-14,16-17H2,1H3,(H,26,31). The molecular formula is C24H28FN5OS. The summed E-state index contributed by atoms with van der Waals surface area (Å²) in [5, 5.41) is 12.4. The number of nitrogens with zero attached hydrogens (tertiary/aromatic N) is 4. The fourth-order valence-corrected chi connectivity index (χ4v) is 4.63. The number of carbonyl (C=O) groups is 1. The van der Waals surface area contributed by atoms with Crippen LogP contribution < -0.4 is 5.32 Å². The van der Waals surface area contributed by atoms with Gasteiger partial charge in [-0.3, -0.25) is 14.3 Å². The minimum absolute atomic E-state index is 0.102. The van der Waals surface area contributed by atoms with Crippen molar-refractivity contribution in [2.45, 2.75) is 44.3 Å². The highest BCUT2D eigenvalue weighted by atomic mass is 32.2. The first-order valence-corrected chi connectivity index (χ1v) is 12.0. The van der Waals surface area contributed by atoms with Gasteiger partial charge in [0, 0.05) is 11.4 Å².